The predicted molar refractivity (Wildman–Crippen MR) is 82.9 cm³/mol. The summed E-state index contributed by atoms with van der Waals surface area (Å²) in [5.41, 5.74) is 1.56. The Hall–Kier alpha value is -2.61. The fraction of sp³-hybridized carbons (Fsp3) is 0.400. The van der Waals surface area contributed by atoms with E-state index < -0.39 is 5.97 Å². The molecule has 8 heteroatoms. The summed E-state index contributed by atoms with van der Waals surface area (Å²) >= 11 is 0. The second kappa shape index (κ2) is 5.24. The van der Waals surface area contributed by atoms with Crippen LogP contribution >= 0.6 is 0 Å². The van der Waals surface area contributed by atoms with Crippen molar-refractivity contribution in [3.05, 3.63) is 17.7 Å². The topological polar surface area (TPSA) is 101 Å². The Morgan fingerprint density at radius 2 is 2.26 bits per heavy atom. The van der Waals surface area contributed by atoms with E-state index in [4.69, 9.17) is 4.74 Å². The van der Waals surface area contributed by atoms with E-state index >= 15 is 0 Å². The lowest BCUT2D eigenvalue weighted by molar-refractivity contribution is -0.130. The Morgan fingerprint density at radius 1 is 1.39 bits per heavy atom. The maximum absolute atomic E-state index is 11.5. The van der Waals surface area contributed by atoms with Crippen LogP contribution in [0.3, 0.4) is 0 Å². The summed E-state index contributed by atoms with van der Waals surface area (Å²) < 4.78 is 5.43. The van der Waals surface area contributed by atoms with Gasteiger partial charge in [-0.2, -0.15) is 4.98 Å². The second-order valence-corrected chi connectivity index (χ2v) is 5.64. The Kier molecular flexibility index (Phi) is 3.19. The number of carboxylic acid groups (broad SMARTS) is 1. The number of methoxy groups -OCH3 is 1. The molecule has 8 nitrogen and oxygen atoms in total. The highest BCUT2D eigenvalue weighted by atomic mass is 16.5. The van der Waals surface area contributed by atoms with Crippen LogP contribution in [-0.2, 0) is 9.53 Å². The zero-order chi connectivity index (χ0) is 16.0. The lowest BCUT2D eigenvalue weighted by Crippen LogP contribution is -2.40. The Bertz CT molecular complexity index is 835. The van der Waals surface area contributed by atoms with Gasteiger partial charge in [0.05, 0.1) is 28.5 Å². The third kappa shape index (κ3) is 2.22. The molecule has 2 aromatic rings. The number of hydrogen-bond donors (Lipinski definition) is 1. The highest BCUT2D eigenvalue weighted by molar-refractivity contribution is 6.27. The molecule has 23 heavy (non-hydrogen) atoms. The van der Waals surface area contributed by atoms with E-state index in [1.807, 2.05) is 4.90 Å². The summed E-state index contributed by atoms with van der Waals surface area (Å²) in [6.07, 6.45) is 5.03. The van der Waals surface area contributed by atoms with Gasteiger partial charge in [-0.1, -0.05) is 0 Å². The Balaban J connectivity index is 1.83. The van der Waals surface area contributed by atoms with Crippen LogP contribution < -0.4 is 4.90 Å². The second-order valence-electron chi connectivity index (χ2n) is 5.64. The first-order chi connectivity index (χ1) is 11.2. The van der Waals surface area contributed by atoms with Crippen LogP contribution in [0.1, 0.15) is 24.2 Å². The number of anilines is 1. The van der Waals surface area contributed by atoms with Crippen LogP contribution in [0.2, 0.25) is 0 Å². The van der Waals surface area contributed by atoms with Crippen LogP contribution in [0.15, 0.2) is 6.33 Å². The first kappa shape index (κ1) is 14.0. The van der Waals surface area contributed by atoms with Crippen LogP contribution in [0, 0.1) is 0 Å². The zero-order valence-electron chi connectivity index (χ0n) is 12.6. The Morgan fingerprint density at radius 3 is 3.04 bits per heavy atom. The van der Waals surface area contributed by atoms with Crippen molar-refractivity contribution in [3.63, 3.8) is 0 Å². The van der Waals surface area contributed by atoms with Crippen molar-refractivity contribution >= 4 is 34.6 Å². The number of aliphatic carboxylic acids is 1. The number of ether oxygens (including phenoxy) is 1. The summed E-state index contributed by atoms with van der Waals surface area (Å²) in [7, 11) is 1.69. The fourth-order valence-electron chi connectivity index (χ4n) is 3.10. The van der Waals surface area contributed by atoms with E-state index in [0.29, 0.717) is 34.9 Å². The molecular formula is C15H15N5O3. The summed E-state index contributed by atoms with van der Waals surface area (Å²) in [5, 5.41) is 10.0. The molecule has 0 spiro atoms. The normalized spacial score (nSPS) is 20.0. The summed E-state index contributed by atoms with van der Waals surface area (Å²) in [6.45, 7) is 1.50. The minimum Gasteiger partial charge on any atom is -0.478 e. The molecule has 1 aliphatic heterocycles. The molecule has 0 aromatic carbocycles. The van der Waals surface area contributed by atoms with Crippen molar-refractivity contribution in [3.8, 4) is 0 Å². The quantitative estimate of drug-likeness (QED) is 0.894. The van der Waals surface area contributed by atoms with Gasteiger partial charge in [-0.25, -0.2) is 19.7 Å². The van der Waals surface area contributed by atoms with Gasteiger partial charge >= 0.3 is 5.97 Å². The van der Waals surface area contributed by atoms with Crippen molar-refractivity contribution in [2.75, 3.05) is 25.1 Å². The van der Waals surface area contributed by atoms with Crippen molar-refractivity contribution < 1.29 is 14.6 Å². The molecule has 1 atom stereocenters. The molecule has 4 rings (SSSR count). The molecule has 3 heterocycles. The zero-order valence-corrected chi connectivity index (χ0v) is 12.6. The van der Waals surface area contributed by atoms with Crippen molar-refractivity contribution in [1.82, 2.24) is 19.9 Å². The average molecular weight is 313 g/mol. The minimum absolute atomic E-state index is 0.132. The number of carbonyl (C=O) groups is 1. The summed E-state index contributed by atoms with van der Waals surface area (Å²) in [5.74, 6) is -0.532. The van der Waals surface area contributed by atoms with E-state index in [1.165, 1.54) is 12.4 Å². The highest BCUT2D eigenvalue weighted by Gasteiger charge is 2.28. The van der Waals surface area contributed by atoms with Gasteiger partial charge in [0.15, 0.2) is 5.65 Å². The monoisotopic (exact) mass is 313 g/mol. The number of carboxylic acids is 1. The van der Waals surface area contributed by atoms with E-state index in [-0.39, 0.29) is 11.7 Å². The average Bonchev–Trinajstić information content (AvgIpc) is 2.96. The number of hydrogen-bond acceptors (Lipinski definition) is 7. The van der Waals surface area contributed by atoms with E-state index in [9.17, 15) is 9.90 Å². The molecule has 1 unspecified atom stereocenters. The van der Waals surface area contributed by atoms with Crippen molar-refractivity contribution in [2.24, 2.45) is 0 Å². The van der Waals surface area contributed by atoms with Crippen molar-refractivity contribution in [2.45, 2.75) is 18.9 Å². The number of nitrogens with zero attached hydrogens (tertiary/aromatic N) is 5. The molecule has 0 saturated carbocycles. The number of piperidine rings is 1. The molecule has 0 radical (unpaired) electrons. The Labute approximate surface area is 131 Å². The van der Waals surface area contributed by atoms with Crippen LogP contribution in [-0.4, -0.2) is 57.3 Å². The van der Waals surface area contributed by atoms with Gasteiger partial charge in [0.1, 0.15) is 6.33 Å². The fourth-order valence-corrected chi connectivity index (χ4v) is 3.10. The number of aromatic nitrogens is 4. The molecular weight excluding hydrogens is 298 g/mol. The van der Waals surface area contributed by atoms with Gasteiger partial charge in [0.2, 0.25) is 5.95 Å². The maximum Gasteiger partial charge on any atom is 0.338 e. The van der Waals surface area contributed by atoms with Gasteiger partial charge in [-0.3, -0.25) is 0 Å². The molecule has 2 aliphatic rings. The van der Waals surface area contributed by atoms with Gasteiger partial charge < -0.3 is 14.7 Å². The van der Waals surface area contributed by atoms with E-state index in [1.54, 1.807) is 7.11 Å². The SMILES string of the molecule is COC1CCCN(c2nc3c4c(ncnc4n2)C=C3C(=O)O)C1. The first-order valence-corrected chi connectivity index (χ1v) is 7.43. The van der Waals surface area contributed by atoms with E-state index in [2.05, 4.69) is 19.9 Å². The van der Waals surface area contributed by atoms with Crippen LogP contribution in [0.25, 0.3) is 22.7 Å². The lowest BCUT2D eigenvalue weighted by Gasteiger charge is -2.32. The standard InChI is InChI=1S/C15H15N5O3/c1-23-8-3-2-4-20(6-8)15-18-12-9(14(21)22)5-10-11(12)13(19-15)17-7-16-10/h5,7-8H,2-4,6H2,1H3,(H,21,22). The molecule has 1 N–H and O–H groups in total. The summed E-state index contributed by atoms with van der Waals surface area (Å²) in [6, 6.07) is 0. The molecule has 1 saturated heterocycles. The predicted octanol–water partition coefficient (Wildman–Crippen LogP) is 0.974. The third-order valence-electron chi connectivity index (χ3n) is 4.27. The highest BCUT2D eigenvalue weighted by Crippen LogP contribution is 2.34. The molecule has 2 aromatic heterocycles. The van der Waals surface area contributed by atoms with Gasteiger partial charge in [-0.15, -0.1) is 0 Å². The first-order valence-electron chi connectivity index (χ1n) is 7.43. The van der Waals surface area contributed by atoms with E-state index in [0.717, 1.165) is 19.4 Å². The third-order valence-corrected chi connectivity index (χ3v) is 4.27. The maximum atomic E-state index is 11.5. The van der Waals surface area contributed by atoms with Crippen molar-refractivity contribution in [1.29, 1.82) is 0 Å². The smallest absolute Gasteiger partial charge is 0.338 e. The minimum atomic E-state index is -1.03. The molecule has 1 aliphatic carbocycles. The lowest BCUT2D eigenvalue weighted by atomic mass is 10.1. The van der Waals surface area contributed by atoms with Crippen LogP contribution in [0.5, 0.6) is 0 Å². The largest absolute Gasteiger partial charge is 0.478 e. The molecule has 118 valence electrons. The summed E-state index contributed by atoms with van der Waals surface area (Å²) in [4.78, 5) is 30.8. The molecule has 1 fully saturated rings. The molecule has 0 amide bonds. The van der Waals surface area contributed by atoms with Gasteiger partial charge in [0, 0.05) is 20.2 Å². The van der Waals surface area contributed by atoms with Gasteiger partial charge in [0.25, 0.3) is 0 Å². The van der Waals surface area contributed by atoms with Crippen LogP contribution in [0.4, 0.5) is 5.95 Å². The molecule has 0 bridgehead atoms. The number of rotatable bonds is 3. The van der Waals surface area contributed by atoms with Gasteiger partial charge in [-0.05, 0) is 18.9 Å².